The van der Waals surface area contributed by atoms with Gasteiger partial charge in [-0.25, -0.2) is 4.98 Å². The van der Waals surface area contributed by atoms with Gasteiger partial charge in [0.25, 0.3) is 0 Å². The number of carbonyl (C=O) groups is 1. The highest BCUT2D eigenvalue weighted by Crippen LogP contribution is 2.40. The highest BCUT2D eigenvalue weighted by molar-refractivity contribution is 6.29. The number of nitrogens with zero attached hydrogens (tertiary/aromatic N) is 1. The molecule has 1 aliphatic carbocycles. The minimum absolute atomic E-state index is 0.0611. The summed E-state index contributed by atoms with van der Waals surface area (Å²) < 4.78 is 0. The van der Waals surface area contributed by atoms with Crippen molar-refractivity contribution >= 4 is 29.0 Å². The van der Waals surface area contributed by atoms with E-state index in [4.69, 9.17) is 11.6 Å². The highest BCUT2D eigenvalue weighted by atomic mass is 35.5. The van der Waals surface area contributed by atoms with Gasteiger partial charge in [-0.3, -0.25) is 4.79 Å². The smallest absolute Gasteiger partial charge is 0.250 e. The van der Waals surface area contributed by atoms with Gasteiger partial charge < -0.3 is 10.6 Å². The number of pyridine rings is 1. The fraction of sp³-hybridized carbons (Fsp3) is 0.538. The van der Waals surface area contributed by atoms with Crippen LogP contribution in [0.15, 0.2) is 12.1 Å². The third-order valence-electron chi connectivity index (χ3n) is 4.03. The Morgan fingerprint density at radius 1 is 1.39 bits per heavy atom. The summed E-state index contributed by atoms with van der Waals surface area (Å²) in [5.41, 5.74) is 0.227. The number of halogens is 1. The molecule has 1 fully saturated rings. The SMILES string of the molecule is CC1CCC2(CC1)Nc1nc(Cl)ccc1NC2=O. The average molecular weight is 266 g/mol. The van der Waals surface area contributed by atoms with Crippen molar-refractivity contribution in [2.75, 3.05) is 10.6 Å². The number of hydrogen-bond acceptors (Lipinski definition) is 3. The quantitative estimate of drug-likeness (QED) is 0.709. The Bertz CT molecular complexity index is 495. The third-order valence-corrected chi connectivity index (χ3v) is 4.24. The molecule has 2 N–H and O–H groups in total. The van der Waals surface area contributed by atoms with E-state index in [2.05, 4.69) is 22.5 Å². The predicted molar refractivity (Wildman–Crippen MR) is 71.9 cm³/mol. The van der Waals surface area contributed by atoms with Gasteiger partial charge in [0.05, 0.1) is 5.69 Å². The molecule has 1 amide bonds. The van der Waals surface area contributed by atoms with Gasteiger partial charge in [0.15, 0.2) is 5.82 Å². The number of hydrogen-bond donors (Lipinski definition) is 2. The predicted octanol–water partition coefficient (Wildman–Crippen LogP) is 3.05. The molecule has 3 rings (SSSR count). The van der Waals surface area contributed by atoms with E-state index in [1.54, 1.807) is 12.1 Å². The van der Waals surface area contributed by atoms with E-state index in [0.717, 1.165) is 25.7 Å². The van der Waals surface area contributed by atoms with Gasteiger partial charge in [0, 0.05) is 0 Å². The van der Waals surface area contributed by atoms with Crippen LogP contribution in [0.4, 0.5) is 11.5 Å². The van der Waals surface area contributed by atoms with Crippen LogP contribution in [0.1, 0.15) is 32.6 Å². The molecule has 2 aliphatic rings. The normalized spacial score (nSPS) is 30.6. The van der Waals surface area contributed by atoms with Gasteiger partial charge in [0.2, 0.25) is 5.91 Å². The lowest BCUT2D eigenvalue weighted by Crippen LogP contribution is -2.54. The van der Waals surface area contributed by atoms with Crippen LogP contribution in [0.2, 0.25) is 5.15 Å². The van der Waals surface area contributed by atoms with E-state index in [0.29, 0.717) is 22.6 Å². The lowest BCUT2D eigenvalue weighted by molar-refractivity contribution is -0.121. The van der Waals surface area contributed by atoms with Crippen LogP contribution in [-0.2, 0) is 4.79 Å². The molecule has 0 aromatic carbocycles. The zero-order chi connectivity index (χ0) is 12.8. The number of rotatable bonds is 0. The van der Waals surface area contributed by atoms with E-state index in [1.807, 2.05) is 0 Å². The maximum Gasteiger partial charge on any atom is 0.250 e. The third kappa shape index (κ3) is 1.85. The molecular formula is C13H16ClN3O. The number of nitrogens with one attached hydrogen (secondary N) is 2. The van der Waals surface area contributed by atoms with Crippen LogP contribution in [0.5, 0.6) is 0 Å². The number of anilines is 2. The van der Waals surface area contributed by atoms with Crippen LogP contribution >= 0.6 is 11.6 Å². The molecule has 5 heteroatoms. The van der Waals surface area contributed by atoms with E-state index in [1.165, 1.54) is 0 Å². The minimum Gasteiger partial charge on any atom is -0.354 e. The van der Waals surface area contributed by atoms with Crippen molar-refractivity contribution in [3.05, 3.63) is 17.3 Å². The summed E-state index contributed by atoms with van der Waals surface area (Å²) in [7, 11) is 0. The van der Waals surface area contributed by atoms with Gasteiger partial charge >= 0.3 is 0 Å². The zero-order valence-corrected chi connectivity index (χ0v) is 11.0. The molecule has 0 bridgehead atoms. The molecule has 4 nitrogen and oxygen atoms in total. The summed E-state index contributed by atoms with van der Waals surface area (Å²) in [4.78, 5) is 16.5. The number of fused-ring (bicyclic) bond motifs is 1. The Morgan fingerprint density at radius 2 is 2.11 bits per heavy atom. The fourth-order valence-electron chi connectivity index (χ4n) is 2.76. The van der Waals surface area contributed by atoms with Gasteiger partial charge in [-0.15, -0.1) is 0 Å². The number of amides is 1. The van der Waals surface area contributed by atoms with E-state index < -0.39 is 5.54 Å². The molecule has 1 aliphatic heterocycles. The monoisotopic (exact) mass is 265 g/mol. The molecule has 0 saturated heterocycles. The minimum atomic E-state index is -0.489. The standard InChI is InChI=1S/C13H16ClN3O/c1-8-4-6-13(7-5-8)12(18)15-9-2-3-10(14)16-11(9)17-13/h2-3,8H,4-7H2,1H3,(H,15,18)(H,16,17). The molecule has 1 aromatic heterocycles. The van der Waals surface area contributed by atoms with Crippen LogP contribution in [0.3, 0.4) is 0 Å². The first-order valence-corrected chi connectivity index (χ1v) is 6.73. The summed E-state index contributed by atoms with van der Waals surface area (Å²) in [5.74, 6) is 1.45. The molecule has 96 valence electrons. The van der Waals surface area contributed by atoms with Crippen molar-refractivity contribution < 1.29 is 4.79 Å². The summed E-state index contributed by atoms with van der Waals surface area (Å²) in [6.45, 7) is 2.23. The van der Waals surface area contributed by atoms with Crippen molar-refractivity contribution in [1.82, 2.24) is 4.98 Å². The van der Waals surface area contributed by atoms with Crippen molar-refractivity contribution in [2.45, 2.75) is 38.1 Å². The van der Waals surface area contributed by atoms with Gasteiger partial charge in [-0.2, -0.15) is 0 Å². The molecular weight excluding hydrogens is 250 g/mol. The Hall–Kier alpha value is -1.29. The van der Waals surface area contributed by atoms with Crippen LogP contribution < -0.4 is 10.6 Å². The van der Waals surface area contributed by atoms with Crippen LogP contribution in [-0.4, -0.2) is 16.4 Å². The first-order valence-electron chi connectivity index (χ1n) is 6.35. The molecule has 1 aromatic rings. The topological polar surface area (TPSA) is 54.0 Å². The van der Waals surface area contributed by atoms with Crippen molar-refractivity contribution in [3.8, 4) is 0 Å². The number of carbonyl (C=O) groups excluding carboxylic acids is 1. The molecule has 0 unspecified atom stereocenters. The Kier molecular flexibility index (Phi) is 2.70. The van der Waals surface area contributed by atoms with Gasteiger partial charge in [0.1, 0.15) is 10.7 Å². The largest absolute Gasteiger partial charge is 0.354 e. The second-order valence-corrected chi connectivity index (χ2v) is 5.76. The summed E-state index contributed by atoms with van der Waals surface area (Å²) in [5, 5.41) is 6.70. The first kappa shape index (κ1) is 11.8. The molecule has 2 heterocycles. The molecule has 0 radical (unpaired) electrons. The molecule has 0 atom stereocenters. The summed E-state index contributed by atoms with van der Waals surface area (Å²) >= 11 is 5.90. The van der Waals surface area contributed by atoms with Gasteiger partial charge in [-0.05, 0) is 43.7 Å². The van der Waals surface area contributed by atoms with Crippen LogP contribution in [0, 0.1) is 5.92 Å². The highest BCUT2D eigenvalue weighted by Gasteiger charge is 2.44. The second kappa shape index (κ2) is 4.12. The average Bonchev–Trinajstić information content (AvgIpc) is 2.35. The molecule has 1 saturated carbocycles. The van der Waals surface area contributed by atoms with Gasteiger partial charge in [-0.1, -0.05) is 18.5 Å². The fourth-order valence-corrected chi connectivity index (χ4v) is 2.91. The number of aromatic nitrogens is 1. The summed E-state index contributed by atoms with van der Waals surface area (Å²) in [6.07, 6.45) is 3.84. The molecule has 1 spiro atoms. The zero-order valence-electron chi connectivity index (χ0n) is 10.3. The lowest BCUT2D eigenvalue weighted by atomic mass is 9.76. The molecule has 18 heavy (non-hydrogen) atoms. The maximum absolute atomic E-state index is 12.3. The van der Waals surface area contributed by atoms with Crippen molar-refractivity contribution in [2.24, 2.45) is 5.92 Å². The van der Waals surface area contributed by atoms with E-state index in [-0.39, 0.29) is 5.91 Å². The van der Waals surface area contributed by atoms with E-state index in [9.17, 15) is 4.79 Å². The van der Waals surface area contributed by atoms with Crippen molar-refractivity contribution in [1.29, 1.82) is 0 Å². The lowest BCUT2D eigenvalue weighted by Gasteiger charge is -2.42. The van der Waals surface area contributed by atoms with Crippen molar-refractivity contribution in [3.63, 3.8) is 0 Å². The Labute approximate surface area is 111 Å². The van der Waals surface area contributed by atoms with Crippen LogP contribution in [0.25, 0.3) is 0 Å². The first-order chi connectivity index (χ1) is 8.59. The van der Waals surface area contributed by atoms with E-state index >= 15 is 0 Å². The maximum atomic E-state index is 12.3. The summed E-state index contributed by atoms with van der Waals surface area (Å²) in [6, 6.07) is 3.47. The Balaban J connectivity index is 1.93. The second-order valence-electron chi connectivity index (χ2n) is 5.37. The Morgan fingerprint density at radius 3 is 2.83 bits per heavy atom.